The molecule has 1 N–H and O–H groups in total. The van der Waals surface area contributed by atoms with Gasteiger partial charge >= 0.3 is 0 Å². The van der Waals surface area contributed by atoms with Gasteiger partial charge in [0.1, 0.15) is 5.54 Å². The van der Waals surface area contributed by atoms with Crippen molar-refractivity contribution in [2.45, 2.75) is 76.9 Å². The van der Waals surface area contributed by atoms with Crippen LogP contribution >= 0.6 is 0 Å². The van der Waals surface area contributed by atoms with E-state index >= 15 is 0 Å². The summed E-state index contributed by atoms with van der Waals surface area (Å²) in [5, 5.41) is 12.5. The number of nitriles is 1. The van der Waals surface area contributed by atoms with E-state index < -0.39 is 0 Å². The van der Waals surface area contributed by atoms with E-state index in [0.29, 0.717) is 12.1 Å². The number of nitrogens with one attached hydrogen (secondary N) is 1. The molecule has 1 saturated heterocycles. The molecule has 0 amide bonds. The molecule has 3 nitrogen and oxygen atoms in total. The van der Waals surface area contributed by atoms with Crippen molar-refractivity contribution < 1.29 is 0 Å². The molecule has 3 heteroatoms. The van der Waals surface area contributed by atoms with E-state index in [4.69, 9.17) is 0 Å². The molecule has 104 valence electrons. The zero-order chi connectivity index (χ0) is 13.6. The molecule has 0 aromatic rings. The normalized spacial score (nSPS) is 28.6. The van der Waals surface area contributed by atoms with E-state index in [2.05, 4.69) is 37.1 Å². The summed E-state index contributed by atoms with van der Waals surface area (Å²) in [4.78, 5) is 2.62. The minimum atomic E-state index is -0.317. The lowest BCUT2D eigenvalue weighted by Crippen LogP contribution is -2.46. The summed E-state index contributed by atoms with van der Waals surface area (Å²) in [5.74, 6) is 0. The largest absolute Gasteiger partial charge is 0.302 e. The number of piperidine rings is 1. The topological polar surface area (TPSA) is 39.1 Å². The van der Waals surface area contributed by atoms with Crippen molar-refractivity contribution in [3.8, 4) is 6.07 Å². The number of nitrogens with zero attached hydrogens (tertiary/aromatic N) is 2. The van der Waals surface area contributed by atoms with Gasteiger partial charge in [0.2, 0.25) is 0 Å². The third kappa shape index (κ3) is 3.70. The van der Waals surface area contributed by atoms with Gasteiger partial charge in [0, 0.05) is 12.1 Å². The molecular weight excluding hydrogens is 222 g/mol. The minimum absolute atomic E-state index is 0.317. The van der Waals surface area contributed by atoms with E-state index in [1.807, 2.05) is 7.05 Å². The fourth-order valence-electron chi connectivity index (χ4n) is 3.15. The second-order valence-corrected chi connectivity index (χ2v) is 5.77. The summed E-state index contributed by atoms with van der Waals surface area (Å²) in [6.45, 7) is 7.90. The second-order valence-electron chi connectivity index (χ2n) is 5.77. The molecule has 18 heavy (non-hydrogen) atoms. The Hall–Kier alpha value is -0.590. The van der Waals surface area contributed by atoms with Gasteiger partial charge < -0.3 is 5.32 Å². The van der Waals surface area contributed by atoms with Crippen LogP contribution in [0.2, 0.25) is 0 Å². The standard InChI is InChI=1S/C15H29N3/c1-5-15(12-16,17-4)10-7-11-18-13(2)8-6-9-14(18)3/h13-14,17H,5-11H2,1-4H3/t13-,14+,15?. The maximum absolute atomic E-state index is 9.29. The number of likely N-dealkylation sites (tertiary alicyclic amines) is 1. The van der Waals surface area contributed by atoms with Crippen molar-refractivity contribution in [1.29, 1.82) is 5.26 Å². The molecule has 3 atom stereocenters. The summed E-state index contributed by atoms with van der Waals surface area (Å²) in [6, 6.07) is 3.86. The molecule has 0 aliphatic carbocycles. The molecule has 0 aromatic heterocycles. The molecule has 1 aliphatic heterocycles. The highest BCUT2D eigenvalue weighted by Crippen LogP contribution is 2.24. The molecule has 1 rings (SSSR count). The Kier molecular flexibility index (Phi) is 6.11. The molecule has 0 spiro atoms. The van der Waals surface area contributed by atoms with Crippen LogP contribution in [0, 0.1) is 11.3 Å². The SMILES string of the molecule is CCC(C#N)(CCCN1[C@H](C)CCC[C@@H]1C)NC. The minimum Gasteiger partial charge on any atom is -0.302 e. The lowest BCUT2D eigenvalue weighted by atomic mass is 9.91. The van der Waals surface area contributed by atoms with Crippen molar-refractivity contribution in [2.24, 2.45) is 0 Å². The highest BCUT2D eigenvalue weighted by Gasteiger charge is 2.28. The van der Waals surface area contributed by atoms with Crippen LogP contribution in [0.25, 0.3) is 0 Å². The molecule has 0 saturated carbocycles. The Morgan fingerprint density at radius 3 is 2.39 bits per heavy atom. The van der Waals surface area contributed by atoms with Gasteiger partial charge in [-0.2, -0.15) is 5.26 Å². The van der Waals surface area contributed by atoms with Gasteiger partial charge in [0.15, 0.2) is 0 Å². The lowest BCUT2D eigenvalue weighted by Gasteiger charge is -2.39. The predicted molar refractivity (Wildman–Crippen MR) is 76.4 cm³/mol. The van der Waals surface area contributed by atoms with Gasteiger partial charge in [0.25, 0.3) is 0 Å². The first kappa shape index (κ1) is 15.5. The molecule has 0 aromatic carbocycles. The summed E-state index contributed by atoms with van der Waals surface area (Å²) in [5.41, 5.74) is -0.317. The van der Waals surface area contributed by atoms with Crippen LogP contribution in [0.3, 0.4) is 0 Å². The van der Waals surface area contributed by atoms with Crippen LogP contribution < -0.4 is 5.32 Å². The Morgan fingerprint density at radius 1 is 1.33 bits per heavy atom. The van der Waals surface area contributed by atoms with Gasteiger partial charge in [-0.15, -0.1) is 0 Å². The first-order chi connectivity index (χ1) is 8.58. The Morgan fingerprint density at radius 2 is 1.94 bits per heavy atom. The maximum Gasteiger partial charge on any atom is 0.106 e. The highest BCUT2D eigenvalue weighted by molar-refractivity contribution is 5.05. The monoisotopic (exact) mass is 251 g/mol. The highest BCUT2D eigenvalue weighted by atomic mass is 15.2. The average molecular weight is 251 g/mol. The summed E-state index contributed by atoms with van der Waals surface area (Å²) < 4.78 is 0. The molecule has 1 aliphatic rings. The predicted octanol–water partition coefficient (Wildman–Crippen LogP) is 2.92. The third-order valence-corrected chi connectivity index (χ3v) is 4.69. The van der Waals surface area contributed by atoms with E-state index in [-0.39, 0.29) is 5.54 Å². The molecular formula is C15H29N3. The fraction of sp³-hybridized carbons (Fsp3) is 0.933. The van der Waals surface area contributed by atoms with Crippen LogP contribution in [-0.2, 0) is 0 Å². The molecule has 1 fully saturated rings. The molecule has 0 radical (unpaired) electrons. The van der Waals surface area contributed by atoms with Crippen LogP contribution in [-0.4, -0.2) is 36.1 Å². The maximum atomic E-state index is 9.29. The Bertz CT molecular complexity index is 268. The van der Waals surface area contributed by atoms with Crippen molar-refractivity contribution >= 4 is 0 Å². The van der Waals surface area contributed by atoms with Crippen LogP contribution in [0.4, 0.5) is 0 Å². The van der Waals surface area contributed by atoms with E-state index in [1.165, 1.54) is 19.3 Å². The van der Waals surface area contributed by atoms with Crippen molar-refractivity contribution in [3.63, 3.8) is 0 Å². The molecule has 1 heterocycles. The van der Waals surface area contributed by atoms with Crippen molar-refractivity contribution in [3.05, 3.63) is 0 Å². The number of hydrogen-bond donors (Lipinski definition) is 1. The zero-order valence-electron chi connectivity index (χ0n) is 12.5. The van der Waals surface area contributed by atoms with Gasteiger partial charge in [-0.3, -0.25) is 4.90 Å². The number of rotatable bonds is 6. The average Bonchev–Trinajstić information content (AvgIpc) is 2.38. The van der Waals surface area contributed by atoms with Gasteiger partial charge in [0.05, 0.1) is 6.07 Å². The summed E-state index contributed by atoms with van der Waals surface area (Å²) in [6.07, 6.45) is 6.96. The smallest absolute Gasteiger partial charge is 0.106 e. The van der Waals surface area contributed by atoms with Gasteiger partial charge in [-0.05, 0) is 59.5 Å². The third-order valence-electron chi connectivity index (χ3n) is 4.69. The summed E-state index contributed by atoms with van der Waals surface area (Å²) >= 11 is 0. The van der Waals surface area contributed by atoms with Crippen LogP contribution in [0.1, 0.15) is 59.3 Å². The van der Waals surface area contributed by atoms with Crippen molar-refractivity contribution in [1.82, 2.24) is 10.2 Å². The van der Waals surface area contributed by atoms with Crippen LogP contribution in [0.15, 0.2) is 0 Å². The fourth-order valence-corrected chi connectivity index (χ4v) is 3.15. The first-order valence-electron chi connectivity index (χ1n) is 7.44. The van der Waals surface area contributed by atoms with Crippen molar-refractivity contribution in [2.75, 3.05) is 13.6 Å². The Balaban J connectivity index is 2.43. The van der Waals surface area contributed by atoms with Gasteiger partial charge in [-0.25, -0.2) is 0 Å². The Labute approximate surface area is 113 Å². The van der Waals surface area contributed by atoms with Gasteiger partial charge in [-0.1, -0.05) is 13.3 Å². The van der Waals surface area contributed by atoms with Crippen LogP contribution in [0.5, 0.6) is 0 Å². The quantitative estimate of drug-likeness (QED) is 0.789. The molecule has 0 bridgehead atoms. The summed E-state index contributed by atoms with van der Waals surface area (Å²) in [7, 11) is 1.90. The van der Waals surface area contributed by atoms with E-state index in [0.717, 1.165) is 25.8 Å². The zero-order valence-corrected chi connectivity index (χ0v) is 12.5. The lowest BCUT2D eigenvalue weighted by molar-refractivity contribution is 0.0990. The molecule has 1 unspecified atom stereocenters. The van der Waals surface area contributed by atoms with E-state index in [9.17, 15) is 5.26 Å². The second kappa shape index (κ2) is 7.11. The van der Waals surface area contributed by atoms with E-state index in [1.54, 1.807) is 0 Å². The number of hydrogen-bond acceptors (Lipinski definition) is 3. The first-order valence-corrected chi connectivity index (χ1v) is 7.44.